The van der Waals surface area contributed by atoms with Crippen LogP contribution < -0.4 is 21.3 Å². The van der Waals surface area contributed by atoms with Gasteiger partial charge in [0.25, 0.3) is 11.8 Å². The minimum Gasteiger partial charge on any atom is -0.370 e. The Morgan fingerprint density at radius 3 is 2.35 bits per heavy atom. The largest absolute Gasteiger partial charge is 0.418 e. The number of alkyl halides is 3. The zero-order valence-electron chi connectivity index (χ0n) is 17.1. The number of morpholine rings is 1. The molecular weight excluding hydrogens is 421 g/mol. The van der Waals surface area contributed by atoms with E-state index < -0.39 is 52.5 Å². The number of benzene rings is 1. The number of hydrogen-bond acceptors (Lipinski definition) is 5. The SMILES string of the molecule is CC(C)(C)C(=O)N[C@H](C(N)=O)C(=O)Nc1ccc(N2CCOCC2=O)cc1C(F)(F)F. The van der Waals surface area contributed by atoms with Crippen LogP contribution in [-0.4, -0.2) is 49.4 Å². The van der Waals surface area contributed by atoms with Gasteiger partial charge in [-0.05, 0) is 18.2 Å². The van der Waals surface area contributed by atoms with Crippen molar-refractivity contribution in [1.82, 2.24) is 5.32 Å². The maximum absolute atomic E-state index is 13.6. The van der Waals surface area contributed by atoms with Gasteiger partial charge in [-0.25, -0.2) is 0 Å². The van der Waals surface area contributed by atoms with Crippen LogP contribution in [0.25, 0.3) is 0 Å². The van der Waals surface area contributed by atoms with Gasteiger partial charge >= 0.3 is 6.18 Å². The van der Waals surface area contributed by atoms with Crippen LogP contribution in [0.2, 0.25) is 0 Å². The van der Waals surface area contributed by atoms with E-state index in [0.29, 0.717) is 6.07 Å². The van der Waals surface area contributed by atoms with E-state index in [2.05, 4.69) is 5.32 Å². The number of nitrogens with two attached hydrogens (primary N) is 1. The maximum atomic E-state index is 13.6. The lowest BCUT2D eigenvalue weighted by molar-refractivity contribution is -0.137. The second kappa shape index (κ2) is 8.92. The summed E-state index contributed by atoms with van der Waals surface area (Å²) in [4.78, 5) is 49.3. The van der Waals surface area contributed by atoms with Crippen molar-refractivity contribution in [1.29, 1.82) is 0 Å². The molecule has 0 saturated carbocycles. The van der Waals surface area contributed by atoms with Crippen molar-refractivity contribution < 1.29 is 37.1 Å². The average Bonchev–Trinajstić information content (AvgIpc) is 2.64. The molecule has 1 aliphatic heterocycles. The van der Waals surface area contributed by atoms with E-state index in [-0.39, 0.29) is 25.4 Å². The first-order valence-corrected chi connectivity index (χ1v) is 9.22. The number of rotatable bonds is 5. The van der Waals surface area contributed by atoms with E-state index in [4.69, 9.17) is 10.5 Å². The summed E-state index contributed by atoms with van der Waals surface area (Å²) in [7, 11) is 0. The number of nitrogens with zero attached hydrogens (tertiary/aromatic N) is 1. The minimum atomic E-state index is -4.88. The summed E-state index contributed by atoms with van der Waals surface area (Å²) >= 11 is 0. The van der Waals surface area contributed by atoms with Gasteiger partial charge in [0.2, 0.25) is 11.8 Å². The van der Waals surface area contributed by atoms with E-state index in [1.54, 1.807) is 0 Å². The van der Waals surface area contributed by atoms with Gasteiger partial charge in [0.05, 0.1) is 17.9 Å². The molecule has 0 spiro atoms. The molecule has 1 saturated heterocycles. The molecule has 0 aliphatic carbocycles. The number of anilines is 2. The van der Waals surface area contributed by atoms with Crippen LogP contribution in [0.1, 0.15) is 26.3 Å². The highest BCUT2D eigenvalue weighted by Crippen LogP contribution is 2.37. The third-order valence-electron chi connectivity index (χ3n) is 4.37. The van der Waals surface area contributed by atoms with E-state index >= 15 is 0 Å². The first-order valence-electron chi connectivity index (χ1n) is 9.22. The van der Waals surface area contributed by atoms with E-state index in [1.165, 1.54) is 26.8 Å². The fraction of sp³-hybridized carbons (Fsp3) is 0.474. The lowest BCUT2D eigenvalue weighted by Gasteiger charge is -2.28. The summed E-state index contributed by atoms with van der Waals surface area (Å²) in [5.41, 5.74) is 2.27. The third kappa shape index (κ3) is 5.94. The molecule has 9 nitrogen and oxygen atoms in total. The van der Waals surface area contributed by atoms with E-state index in [9.17, 15) is 32.3 Å². The molecule has 0 radical (unpaired) electrons. The van der Waals surface area contributed by atoms with E-state index in [1.807, 2.05) is 5.32 Å². The Kier molecular flexibility index (Phi) is 6.94. The van der Waals surface area contributed by atoms with Gasteiger partial charge < -0.3 is 26.0 Å². The number of halogens is 3. The average molecular weight is 444 g/mol. The molecule has 0 unspecified atom stereocenters. The number of primary amides is 1. The second-order valence-corrected chi connectivity index (χ2v) is 7.87. The Labute approximate surface area is 176 Å². The van der Waals surface area contributed by atoms with Crippen molar-refractivity contribution in [2.75, 3.05) is 30.0 Å². The van der Waals surface area contributed by atoms with Gasteiger partial charge in [0, 0.05) is 17.6 Å². The van der Waals surface area contributed by atoms with Crippen LogP contribution in [0.3, 0.4) is 0 Å². The Bertz CT molecular complexity index is 896. The number of nitrogens with one attached hydrogen (secondary N) is 2. The molecule has 170 valence electrons. The highest BCUT2D eigenvalue weighted by Gasteiger charge is 2.37. The van der Waals surface area contributed by atoms with Crippen LogP contribution in [0.4, 0.5) is 24.5 Å². The summed E-state index contributed by atoms with van der Waals surface area (Å²) < 4.78 is 45.8. The Balaban J connectivity index is 2.33. The van der Waals surface area contributed by atoms with E-state index in [0.717, 1.165) is 11.0 Å². The summed E-state index contributed by atoms with van der Waals surface area (Å²) in [6.07, 6.45) is -4.88. The van der Waals surface area contributed by atoms with Crippen molar-refractivity contribution in [2.24, 2.45) is 11.1 Å². The van der Waals surface area contributed by atoms with Crippen molar-refractivity contribution in [3.63, 3.8) is 0 Å². The summed E-state index contributed by atoms with van der Waals surface area (Å²) in [5, 5.41) is 4.12. The van der Waals surface area contributed by atoms with Gasteiger partial charge in [-0.2, -0.15) is 13.2 Å². The Morgan fingerprint density at radius 2 is 1.84 bits per heavy atom. The normalized spacial score (nSPS) is 15.9. The Morgan fingerprint density at radius 1 is 1.19 bits per heavy atom. The topological polar surface area (TPSA) is 131 Å². The standard InChI is InChI=1S/C19H23F3N4O5/c1-18(2,3)17(30)25-14(15(23)28)16(29)24-12-5-4-10(8-11(12)19(20,21)22)26-6-7-31-9-13(26)27/h4-5,8,14H,6-7,9H2,1-3H3,(H2,23,28)(H,24,29)(H,25,30)/t14-/m1/s1. The molecule has 1 fully saturated rings. The molecule has 31 heavy (non-hydrogen) atoms. The monoisotopic (exact) mass is 444 g/mol. The lowest BCUT2D eigenvalue weighted by Crippen LogP contribution is -2.54. The summed E-state index contributed by atoms with van der Waals surface area (Å²) in [6, 6.07) is 1.02. The minimum absolute atomic E-state index is 0.0221. The van der Waals surface area contributed by atoms with Crippen molar-refractivity contribution in [3.8, 4) is 0 Å². The fourth-order valence-electron chi connectivity index (χ4n) is 2.65. The van der Waals surface area contributed by atoms with Crippen molar-refractivity contribution >= 4 is 35.0 Å². The number of ether oxygens (including phenoxy) is 1. The molecular formula is C19H23F3N4O5. The Hall–Kier alpha value is -3.15. The molecule has 1 heterocycles. The number of hydrogen-bond donors (Lipinski definition) is 3. The molecule has 1 aromatic carbocycles. The number of carbonyl (C=O) groups excluding carboxylic acids is 4. The van der Waals surface area contributed by atoms with Gasteiger partial charge in [-0.15, -0.1) is 0 Å². The summed E-state index contributed by atoms with van der Waals surface area (Å²) in [6.45, 7) is 4.54. The lowest BCUT2D eigenvalue weighted by atomic mass is 9.95. The second-order valence-electron chi connectivity index (χ2n) is 7.87. The predicted molar refractivity (Wildman–Crippen MR) is 104 cm³/mol. The number of amides is 4. The third-order valence-corrected chi connectivity index (χ3v) is 4.37. The zero-order valence-corrected chi connectivity index (χ0v) is 17.1. The highest BCUT2D eigenvalue weighted by molar-refractivity contribution is 6.12. The zero-order chi connectivity index (χ0) is 23.6. The molecule has 1 atom stereocenters. The van der Waals surface area contributed by atoms with Crippen LogP contribution >= 0.6 is 0 Å². The molecule has 1 aliphatic rings. The van der Waals surface area contributed by atoms with Crippen LogP contribution in [-0.2, 0) is 30.1 Å². The van der Waals surface area contributed by atoms with Gasteiger partial charge in [-0.3, -0.25) is 19.2 Å². The highest BCUT2D eigenvalue weighted by atomic mass is 19.4. The molecule has 1 aromatic rings. The van der Waals surface area contributed by atoms with Gasteiger partial charge in [-0.1, -0.05) is 20.8 Å². The van der Waals surface area contributed by atoms with Crippen molar-refractivity contribution in [3.05, 3.63) is 23.8 Å². The molecule has 0 aromatic heterocycles. The maximum Gasteiger partial charge on any atom is 0.418 e. The smallest absolute Gasteiger partial charge is 0.370 e. The molecule has 0 bridgehead atoms. The number of carbonyl (C=O) groups is 4. The van der Waals surface area contributed by atoms with Crippen molar-refractivity contribution in [2.45, 2.75) is 33.0 Å². The van der Waals surface area contributed by atoms with Crippen LogP contribution in [0.5, 0.6) is 0 Å². The van der Waals surface area contributed by atoms with Gasteiger partial charge in [0.1, 0.15) is 6.61 Å². The first-order chi connectivity index (χ1) is 14.2. The summed E-state index contributed by atoms with van der Waals surface area (Å²) in [5.74, 6) is -3.66. The molecule has 12 heteroatoms. The quantitative estimate of drug-likeness (QED) is 0.584. The van der Waals surface area contributed by atoms with Crippen LogP contribution in [0.15, 0.2) is 18.2 Å². The van der Waals surface area contributed by atoms with Gasteiger partial charge in [0.15, 0.2) is 6.04 Å². The molecule has 2 rings (SSSR count). The molecule has 4 N–H and O–H groups in total. The first kappa shape index (κ1) is 24.1. The van der Waals surface area contributed by atoms with Crippen LogP contribution in [0, 0.1) is 5.41 Å². The fourth-order valence-corrected chi connectivity index (χ4v) is 2.65. The molecule has 4 amide bonds. The predicted octanol–water partition coefficient (Wildman–Crippen LogP) is 1.02.